The Labute approximate surface area is 107 Å². The molecule has 0 spiro atoms. The topological polar surface area (TPSA) is 31.2 Å². The molecule has 0 amide bonds. The van der Waals surface area contributed by atoms with E-state index in [1.165, 1.54) is 0 Å². The van der Waals surface area contributed by atoms with Gasteiger partial charge in [-0.2, -0.15) is 0 Å². The molecule has 0 atom stereocenters. The summed E-state index contributed by atoms with van der Waals surface area (Å²) < 4.78 is 7.55. The van der Waals surface area contributed by atoms with Crippen molar-refractivity contribution >= 4 is 0 Å². The number of aromatic nitrogens is 1. The molecule has 2 aromatic rings. The van der Waals surface area contributed by atoms with Crippen LogP contribution in [0, 0.1) is 0 Å². The molecule has 3 heteroatoms. The molecule has 2 rings (SSSR count). The molecule has 0 N–H and O–H groups in total. The van der Waals surface area contributed by atoms with Crippen LogP contribution in [0.1, 0.15) is 18.9 Å². The average molecular weight is 243 g/mol. The number of aryl methyl sites for hydroxylation is 1. The van der Waals surface area contributed by atoms with Gasteiger partial charge in [-0.3, -0.25) is 4.79 Å². The van der Waals surface area contributed by atoms with Gasteiger partial charge in [-0.25, -0.2) is 0 Å². The highest BCUT2D eigenvalue weighted by atomic mass is 16.5. The fraction of sp³-hybridized carbons (Fsp3) is 0.267. The zero-order valence-electron chi connectivity index (χ0n) is 10.5. The lowest BCUT2D eigenvalue weighted by Gasteiger charge is -2.09. The van der Waals surface area contributed by atoms with E-state index in [1.807, 2.05) is 34.9 Å². The van der Waals surface area contributed by atoms with Crippen molar-refractivity contribution in [3.05, 3.63) is 64.6 Å². The van der Waals surface area contributed by atoms with Crippen molar-refractivity contribution in [2.45, 2.75) is 26.5 Å². The largest absolute Gasteiger partial charge is 0.483 e. The van der Waals surface area contributed by atoms with Gasteiger partial charge in [0.2, 0.25) is 5.43 Å². The number of hydrogen-bond donors (Lipinski definition) is 0. The van der Waals surface area contributed by atoms with Crippen LogP contribution >= 0.6 is 0 Å². The van der Waals surface area contributed by atoms with Gasteiger partial charge in [-0.1, -0.05) is 37.3 Å². The van der Waals surface area contributed by atoms with Crippen LogP contribution in [-0.2, 0) is 13.2 Å². The molecule has 1 aromatic heterocycles. The fourth-order valence-corrected chi connectivity index (χ4v) is 1.74. The minimum Gasteiger partial charge on any atom is -0.483 e. The Hall–Kier alpha value is -2.03. The SMILES string of the molecule is CCCn1ccc(=O)c(OCc2ccccc2)c1. The molecule has 0 aliphatic rings. The quantitative estimate of drug-likeness (QED) is 0.808. The molecule has 1 aromatic carbocycles. The van der Waals surface area contributed by atoms with Crippen LogP contribution in [0.25, 0.3) is 0 Å². The van der Waals surface area contributed by atoms with Crippen molar-refractivity contribution in [2.75, 3.05) is 0 Å². The lowest BCUT2D eigenvalue weighted by atomic mass is 10.2. The number of pyridine rings is 1. The summed E-state index contributed by atoms with van der Waals surface area (Å²) in [6.07, 6.45) is 4.59. The molecule has 0 bridgehead atoms. The number of nitrogens with zero attached hydrogens (tertiary/aromatic N) is 1. The second-order valence-corrected chi connectivity index (χ2v) is 4.19. The zero-order chi connectivity index (χ0) is 12.8. The first kappa shape index (κ1) is 12.4. The van der Waals surface area contributed by atoms with E-state index in [2.05, 4.69) is 6.92 Å². The first-order valence-corrected chi connectivity index (χ1v) is 6.16. The lowest BCUT2D eigenvalue weighted by molar-refractivity contribution is 0.300. The third-order valence-electron chi connectivity index (χ3n) is 2.66. The Morgan fingerprint density at radius 3 is 2.67 bits per heavy atom. The highest BCUT2D eigenvalue weighted by Crippen LogP contribution is 2.07. The molecular weight excluding hydrogens is 226 g/mol. The predicted molar refractivity (Wildman–Crippen MR) is 71.8 cm³/mol. The van der Waals surface area contributed by atoms with E-state index in [0.29, 0.717) is 12.4 Å². The number of ether oxygens (including phenoxy) is 1. The van der Waals surface area contributed by atoms with Crippen molar-refractivity contribution in [3.63, 3.8) is 0 Å². The van der Waals surface area contributed by atoms with Crippen LogP contribution in [0.5, 0.6) is 5.75 Å². The van der Waals surface area contributed by atoms with Gasteiger partial charge in [0, 0.05) is 18.8 Å². The zero-order valence-corrected chi connectivity index (χ0v) is 10.5. The summed E-state index contributed by atoms with van der Waals surface area (Å²) >= 11 is 0. The minimum atomic E-state index is -0.0710. The monoisotopic (exact) mass is 243 g/mol. The van der Waals surface area contributed by atoms with Gasteiger partial charge >= 0.3 is 0 Å². The van der Waals surface area contributed by atoms with Crippen molar-refractivity contribution in [3.8, 4) is 5.75 Å². The van der Waals surface area contributed by atoms with E-state index in [0.717, 1.165) is 18.5 Å². The van der Waals surface area contributed by atoms with Crippen LogP contribution in [0.3, 0.4) is 0 Å². The van der Waals surface area contributed by atoms with E-state index in [9.17, 15) is 4.79 Å². The molecule has 18 heavy (non-hydrogen) atoms. The molecule has 0 aliphatic carbocycles. The van der Waals surface area contributed by atoms with Gasteiger partial charge in [-0.15, -0.1) is 0 Å². The third kappa shape index (κ3) is 3.23. The van der Waals surface area contributed by atoms with Crippen molar-refractivity contribution < 1.29 is 4.74 Å². The molecular formula is C15H17NO2. The molecule has 0 radical (unpaired) electrons. The third-order valence-corrected chi connectivity index (χ3v) is 2.66. The summed E-state index contributed by atoms with van der Waals surface area (Å²) in [6, 6.07) is 11.4. The van der Waals surface area contributed by atoms with Gasteiger partial charge in [0.05, 0.1) is 6.20 Å². The second kappa shape index (κ2) is 6.05. The summed E-state index contributed by atoms with van der Waals surface area (Å²) in [5.41, 5.74) is 0.987. The van der Waals surface area contributed by atoms with E-state index in [-0.39, 0.29) is 5.43 Å². The molecule has 0 unspecified atom stereocenters. The van der Waals surface area contributed by atoms with Crippen LogP contribution in [0.4, 0.5) is 0 Å². The number of rotatable bonds is 5. The maximum atomic E-state index is 11.7. The Kier molecular flexibility index (Phi) is 4.18. The van der Waals surface area contributed by atoms with Crippen molar-refractivity contribution in [1.82, 2.24) is 4.57 Å². The lowest BCUT2D eigenvalue weighted by Crippen LogP contribution is -2.10. The second-order valence-electron chi connectivity index (χ2n) is 4.19. The summed E-state index contributed by atoms with van der Waals surface area (Å²) in [5.74, 6) is 0.412. The first-order chi connectivity index (χ1) is 8.79. The smallest absolute Gasteiger partial charge is 0.223 e. The Morgan fingerprint density at radius 2 is 1.94 bits per heavy atom. The molecule has 0 saturated heterocycles. The first-order valence-electron chi connectivity index (χ1n) is 6.16. The minimum absolute atomic E-state index is 0.0710. The maximum absolute atomic E-state index is 11.7. The summed E-state index contributed by atoms with van der Waals surface area (Å²) in [5, 5.41) is 0. The van der Waals surface area contributed by atoms with E-state index in [1.54, 1.807) is 18.5 Å². The average Bonchev–Trinajstić information content (AvgIpc) is 2.41. The molecule has 1 heterocycles. The summed E-state index contributed by atoms with van der Waals surface area (Å²) in [4.78, 5) is 11.7. The van der Waals surface area contributed by atoms with Gasteiger partial charge in [0.1, 0.15) is 6.61 Å². The van der Waals surface area contributed by atoms with Crippen LogP contribution in [-0.4, -0.2) is 4.57 Å². The number of benzene rings is 1. The van der Waals surface area contributed by atoms with Crippen LogP contribution < -0.4 is 10.2 Å². The van der Waals surface area contributed by atoms with Gasteiger partial charge in [0.25, 0.3) is 0 Å². The Bertz CT molecular complexity index is 546. The predicted octanol–water partition coefficient (Wildman–Crippen LogP) is 2.84. The van der Waals surface area contributed by atoms with Crippen LogP contribution in [0.2, 0.25) is 0 Å². The van der Waals surface area contributed by atoms with E-state index in [4.69, 9.17) is 4.74 Å². The molecule has 0 saturated carbocycles. The highest BCUT2D eigenvalue weighted by molar-refractivity contribution is 5.19. The van der Waals surface area contributed by atoms with Crippen LogP contribution in [0.15, 0.2) is 53.6 Å². The van der Waals surface area contributed by atoms with E-state index < -0.39 is 0 Å². The number of hydrogen-bond acceptors (Lipinski definition) is 2. The highest BCUT2D eigenvalue weighted by Gasteiger charge is 2.01. The summed E-state index contributed by atoms with van der Waals surface area (Å²) in [7, 11) is 0. The van der Waals surface area contributed by atoms with Crippen molar-refractivity contribution in [2.24, 2.45) is 0 Å². The Balaban J connectivity index is 2.09. The molecule has 0 fully saturated rings. The van der Waals surface area contributed by atoms with Gasteiger partial charge in [0.15, 0.2) is 5.75 Å². The molecule has 3 nitrogen and oxygen atoms in total. The Morgan fingerprint density at radius 1 is 1.17 bits per heavy atom. The normalized spacial score (nSPS) is 10.3. The van der Waals surface area contributed by atoms with Crippen molar-refractivity contribution in [1.29, 1.82) is 0 Å². The summed E-state index contributed by atoms with van der Waals surface area (Å²) in [6.45, 7) is 3.41. The standard InChI is InChI=1S/C15H17NO2/c1-2-9-16-10-8-14(17)15(11-16)18-12-13-6-4-3-5-7-13/h3-8,10-11H,2,9,12H2,1H3. The molecule has 0 aliphatic heterocycles. The van der Waals surface area contributed by atoms with E-state index >= 15 is 0 Å². The van der Waals surface area contributed by atoms with Gasteiger partial charge in [-0.05, 0) is 12.0 Å². The fourth-order valence-electron chi connectivity index (χ4n) is 1.74. The van der Waals surface area contributed by atoms with Gasteiger partial charge < -0.3 is 9.30 Å². The molecule has 94 valence electrons. The maximum Gasteiger partial charge on any atom is 0.223 e.